The molecule has 7 nitrogen and oxygen atoms in total. The average Bonchev–Trinajstić information content (AvgIpc) is 2.76. The first-order valence-electron chi connectivity index (χ1n) is 9.45. The van der Waals surface area contributed by atoms with Gasteiger partial charge in [0.15, 0.2) is 5.76 Å². The lowest BCUT2D eigenvalue weighted by Gasteiger charge is -2.34. The van der Waals surface area contributed by atoms with Gasteiger partial charge in [-0.15, -0.1) is 0 Å². The van der Waals surface area contributed by atoms with Crippen LogP contribution < -0.4 is 0 Å². The van der Waals surface area contributed by atoms with E-state index in [1.165, 1.54) is 12.1 Å². The van der Waals surface area contributed by atoms with Crippen molar-refractivity contribution in [2.24, 2.45) is 0 Å². The van der Waals surface area contributed by atoms with Gasteiger partial charge in [-0.1, -0.05) is 42.5 Å². The van der Waals surface area contributed by atoms with Crippen LogP contribution in [0, 0.1) is 0 Å². The smallest absolute Gasteiger partial charge is 0.265 e. The third kappa shape index (κ3) is 3.66. The lowest BCUT2D eigenvalue weighted by Crippen LogP contribution is -2.46. The molecule has 2 aliphatic heterocycles. The summed E-state index contributed by atoms with van der Waals surface area (Å²) in [7, 11) is -3.98. The molecule has 1 saturated heterocycles. The van der Waals surface area contributed by atoms with Gasteiger partial charge < -0.3 is 9.84 Å². The standard InChI is InChI=1S/C21H22N2O5S/c24-20(16-6-2-1-3-7-16)19-21(25)17-8-4-5-9-18(17)29(26,27)23(19)11-10-22-12-14-28-15-13-22/h1-9,24H,10-15H2/b20-19-. The Bertz CT molecular complexity index is 1040. The second-order valence-electron chi connectivity index (χ2n) is 6.92. The van der Waals surface area contributed by atoms with Crippen LogP contribution in [0.1, 0.15) is 15.9 Å². The van der Waals surface area contributed by atoms with Crippen molar-refractivity contribution in [3.8, 4) is 0 Å². The van der Waals surface area contributed by atoms with Crippen molar-refractivity contribution in [1.82, 2.24) is 9.21 Å². The number of Topliss-reactive ketones (excluding diaryl/α,β-unsaturated/α-hetero) is 1. The fourth-order valence-corrected chi connectivity index (χ4v) is 5.26. The van der Waals surface area contributed by atoms with Crippen molar-refractivity contribution >= 4 is 21.6 Å². The van der Waals surface area contributed by atoms with Crippen LogP contribution in [0.15, 0.2) is 65.2 Å². The molecule has 29 heavy (non-hydrogen) atoms. The second-order valence-corrected chi connectivity index (χ2v) is 8.75. The first kappa shape index (κ1) is 19.6. The summed E-state index contributed by atoms with van der Waals surface area (Å²) >= 11 is 0. The van der Waals surface area contributed by atoms with E-state index in [0.29, 0.717) is 38.4 Å². The van der Waals surface area contributed by atoms with E-state index in [1.807, 2.05) is 0 Å². The zero-order valence-corrected chi connectivity index (χ0v) is 16.6. The molecule has 0 aromatic heterocycles. The molecule has 0 unspecified atom stereocenters. The zero-order chi connectivity index (χ0) is 20.4. The summed E-state index contributed by atoms with van der Waals surface area (Å²) in [6.45, 7) is 3.07. The van der Waals surface area contributed by atoms with Crippen molar-refractivity contribution in [3.05, 3.63) is 71.4 Å². The Morgan fingerprint density at radius 2 is 1.62 bits per heavy atom. The lowest BCUT2D eigenvalue weighted by molar-refractivity contribution is 0.0368. The van der Waals surface area contributed by atoms with E-state index in [4.69, 9.17) is 4.74 Å². The van der Waals surface area contributed by atoms with Gasteiger partial charge in [0.25, 0.3) is 10.0 Å². The van der Waals surface area contributed by atoms with Crippen molar-refractivity contribution < 1.29 is 23.1 Å². The normalized spacial score (nSPS) is 21.0. The molecule has 1 fully saturated rings. The molecule has 0 bridgehead atoms. The molecule has 2 heterocycles. The predicted molar refractivity (Wildman–Crippen MR) is 108 cm³/mol. The maximum atomic E-state index is 13.4. The van der Waals surface area contributed by atoms with Crippen LogP contribution in [0.5, 0.6) is 0 Å². The fraction of sp³-hybridized carbons (Fsp3) is 0.286. The Balaban J connectivity index is 1.80. The van der Waals surface area contributed by atoms with Gasteiger partial charge in [0.2, 0.25) is 5.78 Å². The van der Waals surface area contributed by atoms with Crippen LogP contribution in [0.25, 0.3) is 5.76 Å². The fourth-order valence-electron chi connectivity index (χ4n) is 3.61. The van der Waals surface area contributed by atoms with Gasteiger partial charge in [0.05, 0.1) is 18.1 Å². The van der Waals surface area contributed by atoms with Gasteiger partial charge >= 0.3 is 0 Å². The van der Waals surface area contributed by atoms with E-state index >= 15 is 0 Å². The third-order valence-corrected chi connectivity index (χ3v) is 7.02. The highest BCUT2D eigenvalue weighted by Crippen LogP contribution is 2.35. The number of ether oxygens (including phenoxy) is 1. The SMILES string of the molecule is O=C1/C(=C(/O)c2ccccc2)N(CCN2CCOCC2)S(=O)(=O)c2ccccc21. The van der Waals surface area contributed by atoms with Gasteiger partial charge in [0, 0.05) is 37.3 Å². The van der Waals surface area contributed by atoms with Crippen LogP contribution in [0.2, 0.25) is 0 Å². The molecule has 2 aromatic rings. The number of hydrogen-bond acceptors (Lipinski definition) is 6. The number of benzene rings is 2. The summed E-state index contributed by atoms with van der Waals surface area (Å²) in [4.78, 5) is 15.3. The van der Waals surface area contributed by atoms with Gasteiger partial charge in [-0.25, -0.2) is 8.42 Å². The third-order valence-electron chi connectivity index (χ3n) is 5.16. The van der Waals surface area contributed by atoms with Crippen molar-refractivity contribution in [2.75, 3.05) is 39.4 Å². The number of nitrogens with zero attached hydrogens (tertiary/aromatic N) is 2. The average molecular weight is 414 g/mol. The summed E-state index contributed by atoms with van der Waals surface area (Å²) in [6.07, 6.45) is 0. The molecular formula is C21H22N2O5S. The number of rotatable bonds is 4. The molecule has 0 amide bonds. The van der Waals surface area contributed by atoms with Gasteiger partial charge in [0.1, 0.15) is 5.70 Å². The molecule has 1 N–H and O–H groups in total. The van der Waals surface area contributed by atoms with Gasteiger partial charge in [-0.3, -0.25) is 14.0 Å². The van der Waals surface area contributed by atoms with Gasteiger partial charge in [-0.2, -0.15) is 0 Å². The van der Waals surface area contributed by atoms with Gasteiger partial charge in [-0.05, 0) is 12.1 Å². The quantitative estimate of drug-likeness (QED) is 0.609. The van der Waals surface area contributed by atoms with E-state index in [9.17, 15) is 18.3 Å². The summed E-state index contributed by atoms with van der Waals surface area (Å²) in [5, 5.41) is 10.9. The number of allylic oxidation sites excluding steroid dienone is 1. The maximum Gasteiger partial charge on any atom is 0.265 e. The number of ketones is 1. The Hall–Kier alpha value is -2.68. The number of morpholine rings is 1. The molecule has 0 radical (unpaired) electrons. The number of fused-ring (bicyclic) bond motifs is 1. The monoisotopic (exact) mass is 414 g/mol. The summed E-state index contributed by atoms with van der Waals surface area (Å²) < 4.78 is 33.1. The van der Waals surface area contributed by atoms with Crippen LogP contribution in [0.4, 0.5) is 0 Å². The minimum atomic E-state index is -3.98. The Morgan fingerprint density at radius 3 is 2.34 bits per heavy atom. The summed E-state index contributed by atoms with van der Waals surface area (Å²) in [5.74, 6) is -0.839. The minimum absolute atomic E-state index is 0.0309. The number of carbonyl (C=O) groups is 1. The first-order valence-corrected chi connectivity index (χ1v) is 10.9. The summed E-state index contributed by atoms with van der Waals surface area (Å²) in [5.41, 5.74) is 0.262. The highest BCUT2D eigenvalue weighted by atomic mass is 32.2. The second kappa shape index (κ2) is 7.98. The Kier molecular flexibility index (Phi) is 5.40. The van der Waals surface area contributed by atoms with E-state index < -0.39 is 15.8 Å². The molecule has 2 aliphatic rings. The molecular weight excluding hydrogens is 392 g/mol. The van der Waals surface area contributed by atoms with Crippen molar-refractivity contribution in [1.29, 1.82) is 0 Å². The molecule has 0 atom stereocenters. The number of aliphatic hydroxyl groups is 1. The maximum absolute atomic E-state index is 13.4. The molecule has 8 heteroatoms. The van der Waals surface area contributed by atoms with E-state index in [-0.39, 0.29) is 28.5 Å². The van der Waals surface area contributed by atoms with Crippen LogP contribution in [-0.4, -0.2) is 67.9 Å². The van der Waals surface area contributed by atoms with Crippen molar-refractivity contribution in [3.63, 3.8) is 0 Å². The predicted octanol–water partition coefficient (Wildman–Crippen LogP) is 2.13. The van der Waals surface area contributed by atoms with Crippen molar-refractivity contribution in [2.45, 2.75) is 4.90 Å². The largest absolute Gasteiger partial charge is 0.505 e. The molecule has 0 saturated carbocycles. The molecule has 2 aromatic carbocycles. The van der Waals surface area contributed by atoms with Crippen LogP contribution in [-0.2, 0) is 14.8 Å². The number of sulfonamides is 1. The topological polar surface area (TPSA) is 87.2 Å². The Morgan fingerprint density at radius 1 is 0.966 bits per heavy atom. The number of aliphatic hydroxyl groups excluding tert-OH is 1. The number of hydrogen-bond donors (Lipinski definition) is 1. The molecule has 152 valence electrons. The van der Waals surface area contributed by atoms with Crippen LogP contribution >= 0.6 is 0 Å². The number of carbonyl (C=O) groups excluding carboxylic acids is 1. The summed E-state index contributed by atoms with van der Waals surface area (Å²) in [6, 6.07) is 14.6. The van der Waals surface area contributed by atoms with E-state index in [2.05, 4.69) is 4.90 Å². The van der Waals surface area contributed by atoms with E-state index in [1.54, 1.807) is 42.5 Å². The highest BCUT2D eigenvalue weighted by molar-refractivity contribution is 7.89. The zero-order valence-electron chi connectivity index (χ0n) is 15.8. The minimum Gasteiger partial charge on any atom is -0.505 e. The molecule has 4 rings (SSSR count). The Labute approximate surface area is 169 Å². The molecule has 0 spiro atoms. The first-order chi connectivity index (χ1) is 14.0. The highest BCUT2D eigenvalue weighted by Gasteiger charge is 2.41. The molecule has 0 aliphatic carbocycles. The van der Waals surface area contributed by atoms with Crippen LogP contribution in [0.3, 0.4) is 0 Å². The lowest BCUT2D eigenvalue weighted by atomic mass is 10.0. The van der Waals surface area contributed by atoms with E-state index in [0.717, 1.165) is 4.31 Å².